The summed E-state index contributed by atoms with van der Waals surface area (Å²) in [6.45, 7) is 7.60. The molecule has 0 spiro atoms. The van der Waals surface area contributed by atoms with Crippen LogP contribution in [0.3, 0.4) is 0 Å². The van der Waals surface area contributed by atoms with Crippen LogP contribution in [0.4, 0.5) is 0 Å². The maximum Gasteiger partial charge on any atom is 0.251 e. The molecule has 3 nitrogen and oxygen atoms in total. The van der Waals surface area contributed by atoms with Crippen molar-refractivity contribution in [3.8, 4) is 0 Å². The number of amides is 1. The van der Waals surface area contributed by atoms with Crippen molar-refractivity contribution in [2.45, 2.75) is 33.9 Å². The summed E-state index contributed by atoms with van der Waals surface area (Å²) >= 11 is 6.19. The topological polar surface area (TPSA) is 34.0 Å². The van der Waals surface area contributed by atoms with Crippen LogP contribution in [0.25, 0.3) is 10.9 Å². The number of nitrogens with one attached hydrogen (secondary N) is 1. The average molecular weight is 417 g/mol. The molecule has 1 N–H and O–H groups in total. The van der Waals surface area contributed by atoms with E-state index in [9.17, 15) is 4.79 Å². The summed E-state index contributed by atoms with van der Waals surface area (Å²) in [5, 5.41) is 4.75. The van der Waals surface area contributed by atoms with Crippen molar-refractivity contribution in [3.63, 3.8) is 0 Å². The lowest BCUT2D eigenvalue weighted by molar-refractivity contribution is 0.0951. The number of rotatable bonds is 5. The van der Waals surface area contributed by atoms with Crippen LogP contribution < -0.4 is 5.32 Å². The van der Waals surface area contributed by atoms with Gasteiger partial charge >= 0.3 is 0 Å². The van der Waals surface area contributed by atoms with Crippen LogP contribution >= 0.6 is 11.6 Å². The predicted molar refractivity (Wildman–Crippen MR) is 124 cm³/mol. The maximum atomic E-state index is 12.7. The number of fused-ring (bicyclic) bond motifs is 1. The molecule has 0 bridgehead atoms. The Morgan fingerprint density at radius 1 is 0.967 bits per heavy atom. The second kappa shape index (κ2) is 8.37. The first-order valence-corrected chi connectivity index (χ1v) is 10.5. The second-order valence-electron chi connectivity index (χ2n) is 7.79. The third kappa shape index (κ3) is 3.99. The Kier molecular flexibility index (Phi) is 5.65. The van der Waals surface area contributed by atoms with Crippen molar-refractivity contribution < 1.29 is 4.79 Å². The van der Waals surface area contributed by atoms with Crippen molar-refractivity contribution in [1.82, 2.24) is 9.88 Å². The minimum absolute atomic E-state index is 0.0969. The quantitative estimate of drug-likeness (QED) is 0.413. The number of carbonyl (C=O) groups excluding carboxylic acids is 1. The molecule has 152 valence electrons. The number of aryl methyl sites for hydroxylation is 2. The lowest BCUT2D eigenvalue weighted by Crippen LogP contribution is -2.22. The van der Waals surface area contributed by atoms with Crippen LogP contribution in [0.1, 0.15) is 38.3 Å². The standard InChI is InChI=1S/C26H25ClN2O/c1-17-7-6-8-20(13-17)16-29-19(3)18(2)23-14-21(11-12-25(23)29)26(30)28-15-22-9-4-5-10-24(22)27/h4-14H,15-16H2,1-3H3,(H,28,30). The minimum Gasteiger partial charge on any atom is -0.348 e. The van der Waals surface area contributed by atoms with Gasteiger partial charge in [0, 0.05) is 40.3 Å². The van der Waals surface area contributed by atoms with E-state index >= 15 is 0 Å². The van der Waals surface area contributed by atoms with Gasteiger partial charge in [0.1, 0.15) is 0 Å². The molecule has 0 aliphatic carbocycles. The lowest BCUT2D eigenvalue weighted by atomic mass is 10.1. The van der Waals surface area contributed by atoms with Gasteiger partial charge in [-0.3, -0.25) is 4.79 Å². The highest BCUT2D eigenvalue weighted by molar-refractivity contribution is 6.31. The van der Waals surface area contributed by atoms with Crippen LogP contribution in [0.5, 0.6) is 0 Å². The van der Waals surface area contributed by atoms with E-state index in [-0.39, 0.29) is 5.91 Å². The van der Waals surface area contributed by atoms with Gasteiger partial charge in [-0.1, -0.05) is 59.6 Å². The zero-order valence-electron chi connectivity index (χ0n) is 17.5. The first-order chi connectivity index (χ1) is 14.4. The summed E-state index contributed by atoms with van der Waals surface area (Å²) in [5.41, 5.74) is 7.68. The molecule has 0 aliphatic rings. The summed E-state index contributed by atoms with van der Waals surface area (Å²) in [4.78, 5) is 12.7. The minimum atomic E-state index is -0.0969. The molecular weight excluding hydrogens is 392 g/mol. The van der Waals surface area contributed by atoms with E-state index in [1.807, 2.05) is 36.4 Å². The van der Waals surface area contributed by atoms with Crippen molar-refractivity contribution in [2.24, 2.45) is 0 Å². The Labute approximate surface area is 182 Å². The molecule has 0 radical (unpaired) electrons. The molecule has 0 fully saturated rings. The third-order valence-corrected chi connectivity index (χ3v) is 6.09. The summed E-state index contributed by atoms with van der Waals surface area (Å²) < 4.78 is 2.32. The number of hydrogen-bond acceptors (Lipinski definition) is 1. The first-order valence-electron chi connectivity index (χ1n) is 10.1. The van der Waals surface area contributed by atoms with Gasteiger partial charge in [0.2, 0.25) is 0 Å². The van der Waals surface area contributed by atoms with E-state index in [0.717, 1.165) is 23.0 Å². The predicted octanol–water partition coefficient (Wildman–Crippen LogP) is 6.20. The fourth-order valence-corrected chi connectivity index (χ4v) is 4.11. The SMILES string of the molecule is Cc1cccc(Cn2c(C)c(C)c3cc(C(=O)NCc4ccccc4Cl)ccc32)c1. The molecule has 4 rings (SSSR count). The molecule has 30 heavy (non-hydrogen) atoms. The van der Waals surface area contributed by atoms with Crippen LogP contribution in [-0.2, 0) is 13.1 Å². The van der Waals surface area contributed by atoms with E-state index in [1.165, 1.54) is 22.4 Å². The average Bonchev–Trinajstić information content (AvgIpc) is 2.97. The Balaban J connectivity index is 1.60. The molecule has 1 amide bonds. The van der Waals surface area contributed by atoms with Crippen LogP contribution in [0.2, 0.25) is 5.02 Å². The fraction of sp³-hybridized carbons (Fsp3) is 0.192. The molecule has 0 atom stereocenters. The summed E-state index contributed by atoms with van der Waals surface area (Å²) in [7, 11) is 0. The molecule has 1 heterocycles. The summed E-state index contributed by atoms with van der Waals surface area (Å²) in [6.07, 6.45) is 0. The van der Waals surface area contributed by atoms with Crippen molar-refractivity contribution in [3.05, 3.63) is 105 Å². The van der Waals surface area contributed by atoms with Gasteiger partial charge < -0.3 is 9.88 Å². The van der Waals surface area contributed by atoms with Crippen molar-refractivity contribution >= 4 is 28.4 Å². The van der Waals surface area contributed by atoms with Crippen LogP contribution in [0, 0.1) is 20.8 Å². The Morgan fingerprint density at radius 2 is 1.77 bits per heavy atom. The van der Waals surface area contributed by atoms with Gasteiger partial charge in [-0.25, -0.2) is 0 Å². The largest absolute Gasteiger partial charge is 0.348 e. The van der Waals surface area contributed by atoms with E-state index in [1.54, 1.807) is 0 Å². The first kappa shape index (κ1) is 20.2. The number of halogens is 1. The van der Waals surface area contributed by atoms with E-state index in [4.69, 9.17) is 11.6 Å². The van der Waals surface area contributed by atoms with Gasteiger partial charge in [-0.15, -0.1) is 0 Å². The van der Waals surface area contributed by atoms with Crippen molar-refractivity contribution in [2.75, 3.05) is 0 Å². The Bertz CT molecular complexity index is 1240. The van der Waals surface area contributed by atoms with Gasteiger partial charge in [-0.2, -0.15) is 0 Å². The number of aromatic nitrogens is 1. The zero-order valence-corrected chi connectivity index (χ0v) is 18.3. The highest BCUT2D eigenvalue weighted by atomic mass is 35.5. The number of nitrogens with zero attached hydrogens (tertiary/aromatic N) is 1. The fourth-order valence-electron chi connectivity index (χ4n) is 3.91. The van der Waals surface area contributed by atoms with Crippen LogP contribution in [-0.4, -0.2) is 10.5 Å². The Hall–Kier alpha value is -3.04. The summed E-state index contributed by atoms with van der Waals surface area (Å²) in [5.74, 6) is -0.0969. The van der Waals surface area contributed by atoms with Gasteiger partial charge in [-0.05, 0) is 61.7 Å². The third-order valence-electron chi connectivity index (χ3n) is 5.72. The molecule has 0 saturated carbocycles. The lowest BCUT2D eigenvalue weighted by Gasteiger charge is -2.10. The number of hydrogen-bond donors (Lipinski definition) is 1. The smallest absolute Gasteiger partial charge is 0.251 e. The van der Waals surface area contributed by atoms with E-state index in [2.05, 4.69) is 61.0 Å². The molecule has 0 saturated heterocycles. The molecule has 0 aliphatic heterocycles. The summed E-state index contributed by atoms with van der Waals surface area (Å²) in [6, 6.07) is 22.1. The highest BCUT2D eigenvalue weighted by Gasteiger charge is 2.14. The number of benzene rings is 3. The Morgan fingerprint density at radius 3 is 2.53 bits per heavy atom. The van der Waals surface area contributed by atoms with E-state index in [0.29, 0.717) is 17.1 Å². The highest BCUT2D eigenvalue weighted by Crippen LogP contribution is 2.27. The monoisotopic (exact) mass is 416 g/mol. The molecule has 0 unspecified atom stereocenters. The zero-order chi connectivity index (χ0) is 21.3. The molecule has 3 aromatic carbocycles. The second-order valence-corrected chi connectivity index (χ2v) is 8.20. The van der Waals surface area contributed by atoms with Gasteiger partial charge in [0.15, 0.2) is 0 Å². The molecule has 4 heteroatoms. The molecular formula is C26H25ClN2O. The van der Waals surface area contributed by atoms with Gasteiger partial charge in [0.05, 0.1) is 0 Å². The molecule has 1 aromatic heterocycles. The molecule has 4 aromatic rings. The van der Waals surface area contributed by atoms with Crippen LogP contribution in [0.15, 0.2) is 66.7 Å². The van der Waals surface area contributed by atoms with Crippen molar-refractivity contribution in [1.29, 1.82) is 0 Å². The van der Waals surface area contributed by atoms with Gasteiger partial charge in [0.25, 0.3) is 5.91 Å². The number of carbonyl (C=O) groups is 1. The van der Waals surface area contributed by atoms with E-state index < -0.39 is 0 Å². The normalized spacial score (nSPS) is 11.1. The maximum absolute atomic E-state index is 12.7.